The molecule has 2 atom stereocenters. The van der Waals surface area contributed by atoms with Crippen molar-refractivity contribution in [2.24, 2.45) is 11.0 Å². The molecule has 0 N–H and O–H groups in total. The number of esters is 1. The van der Waals surface area contributed by atoms with E-state index in [-0.39, 0.29) is 30.4 Å². The molecule has 0 unspecified atom stereocenters. The highest BCUT2D eigenvalue weighted by atomic mass is 16.5. The number of rotatable bonds is 9. The van der Waals surface area contributed by atoms with E-state index >= 15 is 0 Å². The summed E-state index contributed by atoms with van der Waals surface area (Å²) in [5.41, 5.74) is 2.45. The number of hydrogen-bond acceptors (Lipinski definition) is 8. The average Bonchev–Trinajstić information content (AvgIpc) is 3.38. The molecule has 9 heteroatoms. The molecular formula is C28H35N3O6. The fourth-order valence-electron chi connectivity index (χ4n) is 5.04. The van der Waals surface area contributed by atoms with Gasteiger partial charge < -0.3 is 18.9 Å². The lowest BCUT2D eigenvalue weighted by Crippen LogP contribution is -2.44. The van der Waals surface area contributed by atoms with Gasteiger partial charge in [-0.1, -0.05) is 12.1 Å². The number of para-hydroxylation sites is 1. The van der Waals surface area contributed by atoms with Crippen LogP contribution in [0.3, 0.4) is 0 Å². The highest BCUT2D eigenvalue weighted by molar-refractivity contribution is 6.05. The van der Waals surface area contributed by atoms with Gasteiger partial charge in [0.2, 0.25) is 0 Å². The molecule has 37 heavy (non-hydrogen) atoms. The summed E-state index contributed by atoms with van der Waals surface area (Å²) in [7, 11) is 4.83. The summed E-state index contributed by atoms with van der Waals surface area (Å²) in [6.07, 6.45) is 2.11. The van der Waals surface area contributed by atoms with E-state index in [0.29, 0.717) is 36.8 Å². The summed E-state index contributed by atoms with van der Waals surface area (Å²) in [6.45, 7) is 3.56. The van der Waals surface area contributed by atoms with Gasteiger partial charge in [-0.05, 0) is 50.6 Å². The lowest BCUT2D eigenvalue weighted by molar-refractivity contribution is -0.150. The molecule has 1 saturated heterocycles. The van der Waals surface area contributed by atoms with E-state index in [1.807, 2.05) is 47.4 Å². The normalized spacial score (nSPS) is 19.8. The third-order valence-corrected chi connectivity index (χ3v) is 6.87. The van der Waals surface area contributed by atoms with Crippen LogP contribution < -0.4 is 14.2 Å². The number of carbonyl (C=O) groups is 2. The van der Waals surface area contributed by atoms with Gasteiger partial charge in [0, 0.05) is 30.2 Å². The lowest BCUT2D eigenvalue weighted by atomic mass is 9.96. The molecule has 0 bridgehead atoms. The lowest BCUT2D eigenvalue weighted by Gasteiger charge is -2.32. The number of likely N-dealkylation sites (tertiary alicyclic amines) is 1. The standard InChI is InChI=1S/C28H35N3O6/c1-5-37-28(33)19-9-8-14-30(17-19)18-27(32)31-24(22-13-12-20(34-2)15-26(22)36-4)16-23(29-31)21-10-6-7-11-25(21)35-3/h6-7,10-13,15,19,24H,5,8-9,14,16-18H2,1-4H3/t19-,24-/m0/s1. The zero-order chi connectivity index (χ0) is 26.4. The van der Waals surface area contributed by atoms with Crippen molar-refractivity contribution in [2.75, 3.05) is 47.6 Å². The Morgan fingerprint density at radius 2 is 1.81 bits per heavy atom. The largest absolute Gasteiger partial charge is 0.497 e. The van der Waals surface area contributed by atoms with E-state index in [1.54, 1.807) is 33.3 Å². The average molecular weight is 510 g/mol. The monoisotopic (exact) mass is 509 g/mol. The van der Waals surface area contributed by atoms with Crippen LogP contribution in [0.15, 0.2) is 47.6 Å². The number of nitrogens with zero attached hydrogens (tertiary/aromatic N) is 3. The molecule has 1 amide bonds. The number of amides is 1. The minimum atomic E-state index is -0.362. The second-order valence-corrected chi connectivity index (χ2v) is 9.14. The van der Waals surface area contributed by atoms with Crippen LogP contribution in [0.4, 0.5) is 0 Å². The van der Waals surface area contributed by atoms with Crippen molar-refractivity contribution in [3.8, 4) is 17.2 Å². The molecule has 2 heterocycles. The van der Waals surface area contributed by atoms with Crippen LogP contribution in [-0.2, 0) is 14.3 Å². The van der Waals surface area contributed by atoms with Crippen LogP contribution in [-0.4, -0.2) is 75.1 Å². The van der Waals surface area contributed by atoms with E-state index in [2.05, 4.69) is 0 Å². The number of methoxy groups -OCH3 is 3. The van der Waals surface area contributed by atoms with Crippen LogP contribution in [0, 0.1) is 5.92 Å². The quantitative estimate of drug-likeness (QED) is 0.477. The van der Waals surface area contributed by atoms with Crippen molar-refractivity contribution in [3.05, 3.63) is 53.6 Å². The van der Waals surface area contributed by atoms with Gasteiger partial charge >= 0.3 is 5.97 Å². The number of ether oxygens (including phenoxy) is 4. The van der Waals surface area contributed by atoms with Crippen molar-refractivity contribution in [1.29, 1.82) is 0 Å². The molecule has 0 aliphatic carbocycles. The fraction of sp³-hybridized carbons (Fsp3) is 0.464. The molecule has 0 aromatic heterocycles. The Bertz CT molecular complexity index is 1150. The molecule has 4 rings (SSSR count). The Morgan fingerprint density at radius 1 is 1.03 bits per heavy atom. The van der Waals surface area contributed by atoms with Gasteiger partial charge in [0.1, 0.15) is 17.2 Å². The second kappa shape index (κ2) is 12.1. The Hall–Kier alpha value is -3.59. The first-order chi connectivity index (χ1) is 18.0. The number of hydrazone groups is 1. The van der Waals surface area contributed by atoms with Crippen molar-refractivity contribution in [1.82, 2.24) is 9.91 Å². The first kappa shape index (κ1) is 26.5. The Morgan fingerprint density at radius 3 is 2.54 bits per heavy atom. The van der Waals surface area contributed by atoms with Crippen LogP contribution >= 0.6 is 0 Å². The summed E-state index contributed by atoms with van der Waals surface area (Å²) >= 11 is 0. The molecule has 2 aromatic rings. The Balaban J connectivity index is 1.62. The third kappa shape index (κ3) is 5.88. The van der Waals surface area contributed by atoms with E-state index in [4.69, 9.17) is 24.0 Å². The number of carbonyl (C=O) groups excluding carboxylic acids is 2. The van der Waals surface area contributed by atoms with Gasteiger partial charge in [0.15, 0.2) is 0 Å². The molecule has 2 aromatic carbocycles. The molecule has 198 valence electrons. The molecule has 0 spiro atoms. The Labute approximate surface area is 217 Å². The zero-order valence-electron chi connectivity index (χ0n) is 21.9. The van der Waals surface area contributed by atoms with Crippen molar-refractivity contribution in [2.45, 2.75) is 32.2 Å². The van der Waals surface area contributed by atoms with Gasteiger partial charge in [-0.15, -0.1) is 0 Å². The van der Waals surface area contributed by atoms with Gasteiger partial charge in [-0.2, -0.15) is 5.10 Å². The maximum atomic E-state index is 13.7. The first-order valence-electron chi connectivity index (χ1n) is 12.6. The van der Waals surface area contributed by atoms with Crippen LogP contribution in [0.5, 0.6) is 17.2 Å². The molecule has 2 aliphatic rings. The third-order valence-electron chi connectivity index (χ3n) is 6.87. The predicted octanol–water partition coefficient (Wildman–Crippen LogP) is 3.67. The minimum absolute atomic E-state index is 0.141. The summed E-state index contributed by atoms with van der Waals surface area (Å²) in [6, 6.07) is 12.9. The van der Waals surface area contributed by atoms with E-state index in [9.17, 15) is 9.59 Å². The highest BCUT2D eigenvalue weighted by Crippen LogP contribution is 2.40. The Kier molecular flexibility index (Phi) is 8.66. The summed E-state index contributed by atoms with van der Waals surface area (Å²) in [5.74, 6) is 1.43. The number of hydrogen-bond donors (Lipinski definition) is 0. The first-order valence-corrected chi connectivity index (χ1v) is 12.6. The second-order valence-electron chi connectivity index (χ2n) is 9.14. The molecule has 2 aliphatic heterocycles. The van der Waals surface area contributed by atoms with Gasteiger partial charge in [-0.3, -0.25) is 14.5 Å². The zero-order valence-corrected chi connectivity index (χ0v) is 21.9. The summed E-state index contributed by atoms with van der Waals surface area (Å²) in [4.78, 5) is 28.0. The fourth-order valence-corrected chi connectivity index (χ4v) is 5.04. The smallest absolute Gasteiger partial charge is 0.310 e. The minimum Gasteiger partial charge on any atom is -0.497 e. The number of benzene rings is 2. The van der Waals surface area contributed by atoms with E-state index in [1.165, 1.54) is 0 Å². The van der Waals surface area contributed by atoms with Crippen LogP contribution in [0.25, 0.3) is 0 Å². The molecule has 0 saturated carbocycles. The van der Waals surface area contributed by atoms with E-state index in [0.717, 1.165) is 36.2 Å². The topological polar surface area (TPSA) is 89.9 Å². The number of piperidine rings is 1. The molecular weight excluding hydrogens is 474 g/mol. The van der Waals surface area contributed by atoms with Crippen molar-refractivity contribution in [3.63, 3.8) is 0 Å². The summed E-state index contributed by atoms with van der Waals surface area (Å²) in [5, 5.41) is 6.36. The van der Waals surface area contributed by atoms with Crippen molar-refractivity contribution < 1.29 is 28.5 Å². The summed E-state index contributed by atoms with van der Waals surface area (Å²) < 4.78 is 21.8. The molecule has 0 radical (unpaired) electrons. The highest BCUT2D eigenvalue weighted by Gasteiger charge is 2.37. The van der Waals surface area contributed by atoms with Crippen LogP contribution in [0.1, 0.15) is 43.4 Å². The van der Waals surface area contributed by atoms with Crippen molar-refractivity contribution >= 4 is 17.6 Å². The maximum Gasteiger partial charge on any atom is 0.310 e. The SMILES string of the molecule is CCOC(=O)[C@H]1CCCN(CC(=O)N2N=C(c3ccccc3OC)C[C@H]2c2ccc(OC)cc2OC)C1. The maximum absolute atomic E-state index is 13.7. The van der Waals surface area contributed by atoms with Gasteiger partial charge in [0.05, 0.1) is 52.2 Å². The van der Waals surface area contributed by atoms with E-state index < -0.39 is 0 Å². The van der Waals surface area contributed by atoms with Gasteiger partial charge in [-0.25, -0.2) is 5.01 Å². The molecule has 1 fully saturated rings. The van der Waals surface area contributed by atoms with Gasteiger partial charge in [0.25, 0.3) is 5.91 Å². The van der Waals surface area contributed by atoms with Crippen LogP contribution in [0.2, 0.25) is 0 Å². The predicted molar refractivity (Wildman–Crippen MR) is 139 cm³/mol. The molecule has 9 nitrogen and oxygen atoms in total.